The van der Waals surface area contributed by atoms with Crippen LogP contribution < -0.4 is 0 Å². The van der Waals surface area contributed by atoms with Gasteiger partial charge in [0.05, 0.1) is 46.1 Å². The van der Waals surface area contributed by atoms with E-state index in [2.05, 4.69) is 13.8 Å². The van der Waals surface area contributed by atoms with E-state index in [9.17, 15) is 34.4 Å². The van der Waals surface area contributed by atoms with Crippen LogP contribution >= 0.6 is 7.82 Å². The van der Waals surface area contributed by atoms with Gasteiger partial charge >= 0.3 is 19.8 Å². The summed E-state index contributed by atoms with van der Waals surface area (Å²) in [6.45, 7) is 4.00. The molecule has 0 aliphatic carbocycles. The Morgan fingerprint density at radius 1 is 0.780 bits per heavy atom. The number of phosphoric ester groups is 1. The van der Waals surface area contributed by atoms with E-state index in [0.717, 1.165) is 38.5 Å². The highest BCUT2D eigenvalue weighted by Gasteiger charge is 2.35. The van der Waals surface area contributed by atoms with Gasteiger partial charge in [0.1, 0.15) is 19.8 Å². The molecule has 1 aliphatic rings. The van der Waals surface area contributed by atoms with Gasteiger partial charge in [0.25, 0.3) is 0 Å². The quantitative estimate of drug-likeness (QED) is 0.0154. The molecule has 346 valence electrons. The standard InChI is InChI=1S/C45H84NO12P/c1-6-8-10-11-12-13-14-15-16-17-18-19-20-25-29-43(49)54-36-39(37-56-59(52,53)55-34-33-46(3,4)5)57-44(50)30-26-22-21-24-28-40-41(48)35-45(51)58-42(40)32-31-38(47)27-23-9-7-2/h21,24,31-32,38-42,45,47-48,51H,6-20,22-23,25-30,33-37H2,1-5H3/p+1/b24-21-,32-31+/t38-,39+,40-,41-,42+,45?/m0/s1. The molecule has 0 amide bonds. The number of aliphatic hydroxyl groups is 3. The zero-order valence-electron chi connectivity index (χ0n) is 37.5. The smallest absolute Gasteiger partial charge is 0.462 e. The fourth-order valence-corrected chi connectivity index (χ4v) is 7.56. The minimum absolute atomic E-state index is 0.0161. The molecule has 1 aliphatic heterocycles. The Morgan fingerprint density at radius 2 is 1.36 bits per heavy atom. The van der Waals surface area contributed by atoms with Gasteiger partial charge in [0.2, 0.25) is 0 Å². The normalized spacial score (nSPS) is 20.8. The van der Waals surface area contributed by atoms with Crippen molar-refractivity contribution in [3.63, 3.8) is 0 Å². The molecule has 0 saturated carbocycles. The van der Waals surface area contributed by atoms with Crippen molar-refractivity contribution in [3.8, 4) is 0 Å². The molecule has 0 aromatic carbocycles. The Balaban J connectivity index is 2.53. The van der Waals surface area contributed by atoms with Crippen LogP contribution in [-0.2, 0) is 37.4 Å². The third-order valence-corrected chi connectivity index (χ3v) is 11.5. The maximum atomic E-state index is 12.8. The van der Waals surface area contributed by atoms with Crippen molar-refractivity contribution in [2.24, 2.45) is 5.92 Å². The lowest BCUT2D eigenvalue weighted by Crippen LogP contribution is -2.43. The van der Waals surface area contributed by atoms with E-state index in [4.69, 9.17) is 23.3 Å². The van der Waals surface area contributed by atoms with Crippen LogP contribution in [0.5, 0.6) is 0 Å². The van der Waals surface area contributed by atoms with Gasteiger partial charge in [-0.1, -0.05) is 141 Å². The van der Waals surface area contributed by atoms with Gasteiger partial charge in [-0.2, -0.15) is 0 Å². The Bertz CT molecular complexity index is 1180. The highest BCUT2D eigenvalue weighted by Crippen LogP contribution is 2.43. The number of nitrogens with zero attached hydrogens (tertiary/aromatic N) is 1. The van der Waals surface area contributed by atoms with E-state index in [-0.39, 0.29) is 38.4 Å². The van der Waals surface area contributed by atoms with Crippen LogP contribution in [0.2, 0.25) is 0 Å². The summed E-state index contributed by atoms with van der Waals surface area (Å²) >= 11 is 0. The minimum atomic E-state index is -4.45. The molecule has 1 rings (SSSR count). The van der Waals surface area contributed by atoms with Crippen LogP contribution in [0.1, 0.15) is 168 Å². The second-order valence-corrected chi connectivity index (χ2v) is 18.8. The zero-order valence-corrected chi connectivity index (χ0v) is 38.4. The summed E-state index contributed by atoms with van der Waals surface area (Å²) in [5.41, 5.74) is 0. The first kappa shape index (κ1) is 55.3. The summed E-state index contributed by atoms with van der Waals surface area (Å²) in [7, 11) is 1.31. The van der Waals surface area contributed by atoms with E-state index in [1.165, 1.54) is 64.2 Å². The minimum Gasteiger partial charge on any atom is -0.462 e. The molecule has 2 unspecified atom stereocenters. The number of aliphatic hydroxyl groups excluding tert-OH is 3. The number of likely N-dealkylation sites (N-methyl/N-ethyl adjacent to an activating group) is 1. The fourth-order valence-electron chi connectivity index (χ4n) is 6.82. The largest absolute Gasteiger partial charge is 0.472 e. The van der Waals surface area contributed by atoms with Crippen LogP contribution in [0, 0.1) is 5.92 Å². The number of carbonyl (C=O) groups excluding carboxylic acids is 2. The summed E-state index contributed by atoms with van der Waals surface area (Å²) in [5.74, 6) is -1.30. The molecule has 1 fully saturated rings. The monoisotopic (exact) mass is 863 g/mol. The van der Waals surface area contributed by atoms with Crippen LogP contribution in [0.4, 0.5) is 0 Å². The number of esters is 2. The molecular weight excluding hydrogens is 777 g/mol. The van der Waals surface area contributed by atoms with Crippen LogP contribution in [0.15, 0.2) is 24.3 Å². The first-order valence-electron chi connectivity index (χ1n) is 23.0. The van der Waals surface area contributed by atoms with Gasteiger partial charge in [0.15, 0.2) is 12.4 Å². The van der Waals surface area contributed by atoms with Gasteiger partial charge < -0.3 is 38.9 Å². The van der Waals surface area contributed by atoms with Crippen molar-refractivity contribution in [3.05, 3.63) is 24.3 Å². The third kappa shape index (κ3) is 31.8. The first-order valence-corrected chi connectivity index (χ1v) is 24.5. The summed E-state index contributed by atoms with van der Waals surface area (Å²) < 4.78 is 39.9. The van der Waals surface area contributed by atoms with Crippen molar-refractivity contribution in [2.75, 3.05) is 47.5 Å². The molecule has 0 bridgehead atoms. The van der Waals surface area contributed by atoms with Crippen molar-refractivity contribution in [2.45, 2.75) is 199 Å². The lowest BCUT2D eigenvalue weighted by Gasteiger charge is -2.36. The summed E-state index contributed by atoms with van der Waals surface area (Å²) in [6.07, 6.45) is 25.6. The first-order chi connectivity index (χ1) is 28.2. The molecule has 14 heteroatoms. The van der Waals surface area contributed by atoms with Crippen molar-refractivity contribution in [1.82, 2.24) is 0 Å². The maximum absolute atomic E-state index is 12.8. The molecule has 0 aromatic rings. The molecule has 4 N–H and O–H groups in total. The number of allylic oxidation sites excluding steroid dienone is 2. The predicted molar refractivity (Wildman–Crippen MR) is 232 cm³/mol. The average molecular weight is 863 g/mol. The number of hydrogen-bond donors (Lipinski definition) is 4. The predicted octanol–water partition coefficient (Wildman–Crippen LogP) is 8.85. The van der Waals surface area contributed by atoms with Gasteiger partial charge in [-0.15, -0.1) is 0 Å². The topological polar surface area (TPSA) is 178 Å². The lowest BCUT2D eigenvalue weighted by molar-refractivity contribution is -0.870. The number of phosphoric acid groups is 1. The number of quaternary nitrogens is 1. The van der Waals surface area contributed by atoms with Gasteiger partial charge in [-0.25, -0.2) is 4.57 Å². The molecule has 7 atom stereocenters. The van der Waals surface area contributed by atoms with Crippen molar-refractivity contribution >= 4 is 19.8 Å². The molecule has 0 spiro atoms. The van der Waals surface area contributed by atoms with Crippen molar-refractivity contribution in [1.29, 1.82) is 0 Å². The van der Waals surface area contributed by atoms with E-state index in [1.54, 1.807) is 12.2 Å². The molecule has 0 radical (unpaired) electrons. The Hall–Kier alpha value is -1.67. The van der Waals surface area contributed by atoms with Gasteiger partial charge in [-0.3, -0.25) is 18.6 Å². The Kier molecular flexibility index (Phi) is 31.8. The Morgan fingerprint density at radius 3 is 1.97 bits per heavy atom. The van der Waals surface area contributed by atoms with E-state index >= 15 is 0 Å². The number of rotatable bonds is 37. The highest BCUT2D eigenvalue weighted by molar-refractivity contribution is 7.47. The van der Waals surface area contributed by atoms with E-state index in [1.807, 2.05) is 33.3 Å². The number of carbonyl (C=O) groups is 2. The molecule has 1 saturated heterocycles. The third-order valence-electron chi connectivity index (χ3n) is 10.5. The van der Waals surface area contributed by atoms with Crippen LogP contribution in [-0.4, -0.2) is 115 Å². The molecule has 1 heterocycles. The number of unbranched alkanes of at least 4 members (excludes halogenated alkanes) is 16. The second-order valence-electron chi connectivity index (χ2n) is 17.3. The number of hydrogen-bond acceptors (Lipinski definition) is 11. The average Bonchev–Trinajstić information content (AvgIpc) is 3.16. The lowest BCUT2D eigenvalue weighted by atomic mass is 9.87. The summed E-state index contributed by atoms with van der Waals surface area (Å²) in [4.78, 5) is 35.6. The summed E-state index contributed by atoms with van der Waals surface area (Å²) in [5, 5.41) is 31.0. The van der Waals surface area contributed by atoms with Gasteiger partial charge in [-0.05, 0) is 32.1 Å². The SMILES string of the molecule is CCCCCCCCCCCCCCCCC(=O)OC[C@H](COP(=O)(O)OCC[N+](C)(C)C)OC(=O)CCC/C=C\C[C@H]1[C@@H](O)CC(O)O[C@@H]1/C=C/[C@@H](O)CCCCC. The summed E-state index contributed by atoms with van der Waals surface area (Å²) in [6, 6.07) is 0. The molecule has 13 nitrogen and oxygen atoms in total. The fraction of sp³-hybridized carbons (Fsp3) is 0.867. The maximum Gasteiger partial charge on any atom is 0.472 e. The van der Waals surface area contributed by atoms with E-state index in [0.29, 0.717) is 43.1 Å². The van der Waals surface area contributed by atoms with Gasteiger partial charge in [0, 0.05) is 25.2 Å². The molecule has 0 aromatic heterocycles. The zero-order chi connectivity index (χ0) is 43.8. The van der Waals surface area contributed by atoms with Crippen LogP contribution in [0.25, 0.3) is 0 Å². The number of ether oxygens (including phenoxy) is 3. The molecular formula is C45H85NO12P+. The van der Waals surface area contributed by atoms with E-state index < -0.39 is 57.1 Å². The second kappa shape index (κ2) is 33.9. The Labute approximate surface area is 357 Å². The van der Waals surface area contributed by atoms with Crippen LogP contribution in [0.3, 0.4) is 0 Å². The van der Waals surface area contributed by atoms with Crippen molar-refractivity contribution < 1.29 is 62.1 Å². The molecule has 59 heavy (non-hydrogen) atoms. The highest BCUT2D eigenvalue weighted by atomic mass is 31.2.